The van der Waals surface area contributed by atoms with Gasteiger partial charge in [-0.3, -0.25) is 0 Å². The maximum atomic E-state index is 13.3. The lowest BCUT2D eigenvalue weighted by Crippen LogP contribution is -2.24. The average Bonchev–Trinajstić information content (AvgIpc) is 2.72. The molecule has 2 aromatic carbocycles. The van der Waals surface area contributed by atoms with E-state index in [0.29, 0.717) is 23.4 Å². The van der Waals surface area contributed by atoms with Crippen LogP contribution in [0.1, 0.15) is 36.3 Å². The molecule has 0 fully saturated rings. The predicted molar refractivity (Wildman–Crippen MR) is 114 cm³/mol. The maximum absolute atomic E-state index is 13.3. The molecule has 0 radical (unpaired) electrons. The fourth-order valence-electron chi connectivity index (χ4n) is 3.10. The zero-order valence-corrected chi connectivity index (χ0v) is 17.6. The Labute approximate surface area is 171 Å². The zero-order valence-electron chi connectivity index (χ0n) is 16.8. The summed E-state index contributed by atoms with van der Waals surface area (Å²) in [6, 6.07) is 15.8. The second kappa shape index (κ2) is 8.58. The highest BCUT2D eigenvalue weighted by Crippen LogP contribution is 2.33. The van der Waals surface area contributed by atoms with Gasteiger partial charge in [-0.2, -0.15) is 5.26 Å². The Morgan fingerprint density at radius 3 is 2.28 bits per heavy atom. The molecule has 3 aromatic rings. The van der Waals surface area contributed by atoms with Crippen molar-refractivity contribution in [1.29, 1.82) is 5.26 Å². The normalized spacial score (nSPS) is 12.5. The van der Waals surface area contributed by atoms with Crippen LogP contribution in [-0.2, 0) is 9.84 Å². The highest BCUT2D eigenvalue weighted by Gasteiger charge is 2.34. The predicted octanol–water partition coefficient (Wildman–Crippen LogP) is 4.21. The first-order valence-corrected chi connectivity index (χ1v) is 11.1. The van der Waals surface area contributed by atoms with E-state index in [1.165, 1.54) is 12.1 Å². The third-order valence-electron chi connectivity index (χ3n) is 4.81. The highest BCUT2D eigenvalue weighted by atomic mass is 32.2. The molecule has 1 atom stereocenters. The molecule has 0 unspecified atom stereocenters. The van der Waals surface area contributed by atoms with Gasteiger partial charge in [-0.15, -0.1) is 0 Å². The molecule has 0 aliphatic carbocycles. The molecule has 29 heavy (non-hydrogen) atoms. The summed E-state index contributed by atoms with van der Waals surface area (Å²) in [5.41, 5.74) is 2.35. The van der Waals surface area contributed by atoms with Crippen LogP contribution < -0.4 is 4.90 Å². The summed E-state index contributed by atoms with van der Waals surface area (Å²) in [6.07, 6.45) is 1.91. The molecule has 0 spiro atoms. The van der Waals surface area contributed by atoms with Crippen LogP contribution in [0.4, 0.5) is 5.82 Å². The minimum Gasteiger partial charge on any atom is -0.358 e. The van der Waals surface area contributed by atoms with Crippen LogP contribution in [0.3, 0.4) is 0 Å². The van der Waals surface area contributed by atoms with E-state index in [-0.39, 0.29) is 10.6 Å². The summed E-state index contributed by atoms with van der Waals surface area (Å²) in [6.45, 7) is 4.66. The summed E-state index contributed by atoms with van der Waals surface area (Å²) in [7, 11) is -2.10. The maximum Gasteiger partial charge on any atom is 0.200 e. The molecule has 1 heterocycles. The molecule has 1 aromatic heterocycles. The van der Waals surface area contributed by atoms with Gasteiger partial charge in [0.25, 0.3) is 0 Å². The molecule has 0 saturated heterocycles. The van der Waals surface area contributed by atoms with Crippen LogP contribution in [0, 0.1) is 18.3 Å². The lowest BCUT2D eigenvalue weighted by atomic mass is 10.2. The number of rotatable bonds is 7. The number of aromatic nitrogens is 2. The fourth-order valence-corrected chi connectivity index (χ4v) is 4.48. The number of sulfone groups is 1. The smallest absolute Gasteiger partial charge is 0.200 e. The van der Waals surface area contributed by atoms with Crippen LogP contribution in [-0.4, -0.2) is 32.0 Å². The molecular weight excluding hydrogens is 384 g/mol. The van der Waals surface area contributed by atoms with E-state index in [1.807, 2.05) is 43.1 Å². The largest absolute Gasteiger partial charge is 0.358 e. The van der Waals surface area contributed by atoms with Crippen molar-refractivity contribution >= 4 is 26.7 Å². The fraction of sp³-hybridized carbons (Fsp3) is 0.318. The van der Waals surface area contributed by atoms with Gasteiger partial charge < -0.3 is 4.90 Å². The van der Waals surface area contributed by atoms with E-state index in [2.05, 4.69) is 16.9 Å². The first-order chi connectivity index (χ1) is 13.9. The Hall–Kier alpha value is -2.98. The molecule has 0 aliphatic heterocycles. The number of nitriles is 1. The van der Waals surface area contributed by atoms with Crippen LogP contribution in [0.25, 0.3) is 11.0 Å². The lowest BCUT2D eigenvalue weighted by Gasteiger charge is -2.23. The zero-order chi connectivity index (χ0) is 21.0. The van der Waals surface area contributed by atoms with E-state index < -0.39 is 15.1 Å². The van der Waals surface area contributed by atoms with E-state index in [0.717, 1.165) is 18.4 Å². The molecule has 6 nitrogen and oxygen atoms in total. The average molecular weight is 409 g/mol. The Balaban J connectivity index is 2.19. The molecule has 3 rings (SSSR count). The van der Waals surface area contributed by atoms with Gasteiger partial charge in [-0.1, -0.05) is 43.2 Å². The van der Waals surface area contributed by atoms with E-state index >= 15 is 0 Å². The number of anilines is 1. The monoisotopic (exact) mass is 408 g/mol. The SMILES string of the molecule is CCCCN(C)c1nc2ccccc2nc1[C@@H](C#N)S(=O)(=O)c1ccc(C)cc1. The van der Waals surface area contributed by atoms with Crippen molar-refractivity contribution in [3.8, 4) is 6.07 Å². The Morgan fingerprint density at radius 2 is 1.69 bits per heavy atom. The number of hydrogen-bond acceptors (Lipinski definition) is 6. The van der Waals surface area contributed by atoms with Gasteiger partial charge in [0.15, 0.2) is 11.1 Å². The highest BCUT2D eigenvalue weighted by molar-refractivity contribution is 7.92. The van der Waals surface area contributed by atoms with Crippen LogP contribution in [0.15, 0.2) is 53.4 Å². The molecule has 0 N–H and O–H groups in total. The minimum atomic E-state index is -3.96. The van der Waals surface area contributed by atoms with Gasteiger partial charge >= 0.3 is 0 Å². The van der Waals surface area contributed by atoms with Gasteiger partial charge in [0.05, 0.1) is 22.0 Å². The van der Waals surface area contributed by atoms with Gasteiger partial charge in [0.2, 0.25) is 9.84 Å². The number of unbranched alkanes of at least 4 members (excludes halogenated alkanes) is 1. The second-order valence-electron chi connectivity index (χ2n) is 7.06. The van der Waals surface area contributed by atoms with E-state index in [4.69, 9.17) is 0 Å². The lowest BCUT2D eigenvalue weighted by molar-refractivity contribution is 0.590. The number of nitrogens with zero attached hydrogens (tertiary/aromatic N) is 4. The van der Waals surface area contributed by atoms with Crippen molar-refractivity contribution in [2.45, 2.75) is 36.8 Å². The molecule has 0 amide bonds. The van der Waals surface area contributed by atoms with Crippen molar-refractivity contribution in [2.75, 3.05) is 18.5 Å². The van der Waals surface area contributed by atoms with E-state index in [9.17, 15) is 13.7 Å². The standard InChI is InChI=1S/C22H24N4O2S/c1-4-5-14-26(3)22-21(24-18-8-6-7-9-19(18)25-22)20(15-23)29(27,28)17-12-10-16(2)11-13-17/h6-13,20H,4-5,14H2,1-3H3/t20-/m1/s1. The molecular formula is C22H24N4O2S. The van der Waals surface area contributed by atoms with Gasteiger partial charge in [0, 0.05) is 13.6 Å². The molecule has 0 bridgehead atoms. The molecule has 0 saturated carbocycles. The minimum absolute atomic E-state index is 0.103. The second-order valence-corrected chi connectivity index (χ2v) is 9.10. The number of para-hydroxylation sites is 2. The summed E-state index contributed by atoms with van der Waals surface area (Å²) in [4.78, 5) is 11.2. The molecule has 7 heteroatoms. The Bertz CT molecular complexity index is 1150. The van der Waals surface area contributed by atoms with Crippen molar-refractivity contribution in [3.05, 3.63) is 59.8 Å². The Kier molecular flexibility index (Phi) is 6.14. The number of hydrogen-bond donors (Lipinski definition) is 0. The number of aryl methyl sites for hydroxylation is 1. The molecule has 0 aliphatic rings. The van der Waals surface area contributed by atoms with Gasteiger partial charge in [-0.25, -0.2) is 18.4 Å². The number of fused-ring (bicyclic) bond motifs is 1. The van der Waals surface area contributed by atoms with Crippen LogP contribution >= 0.6 is 0 Å². The van der Waals surface area contributed by atoms with Crippen LogP contribution in [0.2, 0.25) is 0 Å². The van der Waals surface area contributed by atoms with Crippen molar-refractivity contribution in [2.24, 2.45) is 0 Å². The van der Waals surface area contributed by atoms with Crippen molar-refractivity contribution in [1.82, 2.24) is 9.97 Å². The molecule has 150 valence electrons. The van der Waals surface area contributed by atoms with Crippen LogP contribution in [0.5, 0.6) is 0 Å². The first kappa shape index (κ1) is 20.7. The Morgan fingerprint density at radius 1 is 1.07 bits per heavy atom. The summed E-state index contributed by atoms with van der Waals surface area (Å²) >= 11 is 0. The third kappa shape index (κ3) is 4.22. The summed E-state index contributed by atoms with van der Waals surface area (Å²) in [5, 5.41) is 8.43. The van der Waals surface area contributed by atoms with E-state index in [1.54, 1.807) is 18.2 Å². The quantitative estimate of drug-likeness (QED) is 0.582. The summed E-state index contributed by atoms with van der Waals surface area (Å²) in [5.74, 6) is 0.430. The number of benzene rings is 2. The van der Waals surface area contributed by atoms with Gasteiger partial charge in [-0.05, 0) is 37.6 Å². The topological polar surface area (TPSA) is 86.9 Å². The first-order valence-electron chi connectivity index (χ1n) is 9.56. The third-order valence-corrected chi connectivity index (χ3v) is 6.69. The van der Waals surface area contributed by atoms with Gasteiger partial charge in [0.1, 0.15) is 5.69 Å². The van der Waals surface area contributed by atoms with Crippen molar-refractivity contribution in [3.63, 3.8) is 0 Å². The van der Waals surface area contributed by atoms with Crippen molar-refractivity contribution < 1.29 is 8.42 Å². The summed E-state index contributed by atoms with van der Waals surface area (Å²) < 4.78 is 26.6.